The minimum absolute atomic E-state index is 0.0106. The number of halogens is 1. The van der Waals surface area contributed by atoms with Gasteiger partial charge in [-0.15, -0.1) is 11.3 Å². The fraction of sp³-hybridized carbons (Fsp3) is 0.312. The molecule has 0 N–H and O–H groups in total. The summed E-state index contributed by atoms with van der Waals surface area (Å²) in [5, 5.41) is 0. The van der Waals surface area contributed by atoms with Gasteiger partial charge in [0.25, 0.3) is 5.91 Å². The van der Waals surface area contributed by atoms with Crippen molar-refractivity contribution in [3.8, 4) is 10.4 Å². The lowest BCUT2D eigenvalue weighted by Crippen LogP contribution is -2.37. The Morgan fingerprint density at radius 3 is 2.90 bits per heavy atom. The lowest BCUT2D eigenvalue weighted by molar-refractivity contribution is 0.0725. The number of fused-ring (bicyclic) bond motifs is 1. The predicted molar refractivity (Wildman–Crippen MR) is 79.3 cm³/mol. The zero-order valence-electron chi connectivity index (χ0n) is 11.3. The normalized spacial score (nSPS) is 26.8. The van der Waals surface area contributed by atoms with Crippen LogP contribution in [0.25, 0.3) is 10.4 Å². The molecule has 2 heterocycles. The van der Waals surface area contributed by atoms with Crippen molar-refractivity contribution in [1.29, 1.82) is 0 Å². The van der Waals surface area contributed by atoms with Crippen LogP contribution in [0, 0.1) is 18.7 Å². The molecule has 107 valence electrons. The Kier molecular flexibility index (Phi) is 2.85. The van der Waals surface area contributed by atoms with Crippen LogP contribution >= 0.6 is 11.3 Å². The summed E-state index contributed by atoms with van der Waals surface area (Å²) < 4.78 is 14.0. The Bertz CT molecular complexity index is 712. The van der Waals surface area contributed by atoms with E-state index in [2.05, 4.69) is 11.9 Å². The fourth-order valence-electron chi connectivity index (χ4n) is 3.23. The van der Waals surface area contributed by atoms with Gasteiger partial charge in [-0.2, -0.15) is 0 Å². The van der Waals surface area contributed by atoms with Gasteiger partial charge in [0.15, 0.2) is 0 Å². The van der Waals surface area contributed by atoms with Gasteiger partial charge in [-0.05, 0) is 31.7 Å². The van der Waals surface area contributed by atoms with E-state index in [9.17, 15) is 9.18 Å². The quantitative estimate of drug-likeness (QED) is 0.852. The number of amides is 1. The highest BCUT2D eigenvalue weighted by Gasteiger charge is 2.53. The van der Waals surface area contributed by atoms with Crippen LogP contribution in [0.2, 0.25) is 0 Å². The van der Waals surface area contributed by atoms with Crippen molar-refractivity contribution in [3.05, 3.63) is 48.2 Å². The van der Waals surface area contributed by atoms with Crippen LogP contribution in [-0.4, -0.2) is 27.9 Å². The fourth-order valence-corrected chi connectivity index (χ4v) is 4.04. The Balaban J connectivity index is 1.72. The lowest BCUT2D eigenvalue weighted by atomic mass is 10.1. The molecule has 1 aromatic heterocycles. The van der Waals surface area contributed by atoms with E-state index in [1.165, 1.54) is 17.4 Å². The van der Waals surface area contributed by atoms with E-state index < -0.39 is 0 Å². The molecule has 1 aromatic carbocycles. The number of rotatable bonds is 2. The summed E-state index contributed by atoms with van der Waals surface area (Å²) in [4.78, 5) is 19.4. The van der Waals surface area contributed by atoms with Gasteiger partial charge in [0, 0.05) is 17.6 Å². The number of carbonyl (C=O) groups is 1. The van der Waals surface area contributed by atoms with Crippen LogP contribution in [0.1, 0.15) is 23.3 Å². The smallest absolute Gasteiger partial charge is 0.274 e. The summed E-state index contributed by atoms with van der Waals surface area (Å²) in [5.74, 6) is 0.166. The maximum atomic E-state index is 14.0. The molecule has 1 aliphatic heterocycles. The summed E-state index contributed by atoms with van der Waals surface area (Å²) in [6, 6.07) is 6.82. The second-order valence-electron chi connectivity index (χ2n) is 5.68. The molecule has 1 saturated carbocycles. The zero-order valence-corrected chi connectivity index (χ0v) is 12.1. The van der Waals surface area contributed by atoms with E-state index >= 15 is 0 Å². The average Bonchev–Trinajstić information content (AvgIpc) is 2.93. The molecule has 0 bridgehead atoms. The van der Waals surface area contributed by atoms with Crippen LogP contribution in [0.5, 0.6) is 0 Å². The van der Waals surface area contributed by atoms with Crippen LogP contribution < -0.4 is 0 Å². The Morgan fingerprint density at radius 2 is 2.19 bits per heavy atom. The molecule has 0 spiro atoms. The molecule has 3 nitrogen and oxygen atoms in total. The van der Waals surface area contributed by atoms with Gasteiger partial charge in [0.1, 0.15) is 11.5 Å². The number of likely N-dealkylation sites (tertiary alicyclic amines) is 1. The van der Waals surface area contributed by atoms with E-state index in [0.717, 1.165) is 12.8 Å². The van der Waals surface area contributed by atoms with Crippen LogP contribution in [0.3, 0.4) is 0 Å². The average molecular weight is 301 g/mol. The van der Waals surface area contributed by atoms with Gasteiger partial charge in [-0.3, -0.25) is 4.79 Å². The maximum absolute atomic E-state index is 14.0. The Labute approximate surface area is 126 Å². The number of hydrogen-bond acceptors (Lipinski definition) is 3. The SMILES string of the molecule is [CH2][C@H]1C[C@@H]2C[C@@H]2N1C(=O)c1ncsc1-c1ccccc1F. The third-order valence-electron chi connectivity index (χ3n) is 4.33. The molecule has 5 heteroatoms. The summed E-state index contributed by atoms with van der Waals surface area (Å²) in [7, 11) is 0. The minimum Gasteiger partial charge on any atom is -0.331 e. The minimum atomic E-state index is -0.326. The number of piperidine rings is 1. The van der Waals surface area contributed by atoms with Gasteiger partial charge in [0.2, 0.25) is 0 Å². The first kappa shape index (κ1) is 13.0. The van der Waals surface area contributed by atoms with Gasteiger partial charge in [-0.1, -0.05) is 18.2 Å². The molecule has 1 radical (unpaired) electrons. The third kappa shape index (κ3) is 1.99. The Morgan fingerprint density at radius 1 is 1.38 bits per heavy atom. The first-order chi connectivity index (χ1) is 10.2. The first-order valence-corrected chi connectivity index (χ1v) is 7.89. The number of nitrogens with zero attached hydrogens (tertiary/aromatic N) is 2. The van der Waals surface area contributed by atoms with Crippen molar-refractivity contribution in [2.75, 3.05) is 0 Å². The largest absolute Gasteiger partial charge is 0.331 e. The zero-order chi connectivity index (χ0) is 14.6. The molecule has 1 aliphatic carbocycles. The molecule has 2 fully saturated rings. The van der Waals surface area contributed by atoms with Gasteiger partial charge >= 0.3 is 0 Å². The van der Waals surface area contributed by atoms with Crippen LogP contribution in [-0.2, 0) is 0 Å². The number of benzene rings is 1. The van der Waals surface area contributed by atoms with Crippen LogP contribution in [0.4, 0.5) is 4.39 Å². The molecule has 1 saturated heterocycles. The summed E-state index contributed by atoms with van der Waals surface area (Å²) in [5.41, 5.74) is 2.40. The van der Waals surface area contributed by atoms with Crippen molar-refractivity contribution in [2.45, 2.75) is 24.9 Å². The Hall–Kier alpha value is -1.75. The van der Waals surface area contributed by atoms with Crippen molar-refractivity contribution in [3.63, 3.8) is 0 Å². The number of carbonyl (C=O) groups excluding carboxylic acids is 1. The summed E-state index contributed by atoms with van der Waals surface area (Å²) in [6.07, 6.45) is 2.03. The van der Waals surface area contributed by atoms with Crippen LogP contribution in [0.15, 0.2) is 29.8 Å². The van der Waals surface area contributed by atoms with Crippen molar-refractivity contribution in [1.82, 2.24) is 9.88 Å². The second kappa shape index (κ2) is 4.63. The van der Waals surface area contributed by atoms with Crippen molar-refractivity contribution in [2.24, 2.45) is 5.92 Å². The highest BCUT2D eigenvalue weighted by Crippen LogP contribution is 2.48. The molecular formula is C16H14FN2OS. The third-order valence-corrected chi connectivity index (χ3v) is 5.19. The second-order valence-corrected chi connectivity index (χ2v) is 6.53. The molecule has 21 heavy (non-hydrogen) atoms. The standard InChI is InChI=1S/C16H14FN2OS/c1-9-6-10-7-13(10)19(9)16(20)14-15(21-8-18-14)11-4-2-3-5-12(11)17/h2-5,8-10,13H,1,6-7H2/t9-,10+,13-/m0/s1. The number of aromatic nitrogens is 1. The van der Waals surface area contributed by atoms with Gasteiger partial charge < -0.3 is 4.90 Å². The molecule has 0 unspecified atom stereocenters. The molecule has 4 rings (SSSR count). The molecule has 3 atom stereocenters. The van der Waals surface area contributed by atoms with E-state index in [1.807, 2.05) is 4.90 Å². The van der Waals surface area contributed by atoms with Crippen molar-refractivity contribution >= 4 is 17.2 Å². The summed E-state index contributed by atoms with van der Waals surface area (Å²) in [6.45, 7) is 4.06. The first-order valence-electron chi connectivity index (χ1n) is 7.01. The lowest BCUT2D eigenvalue weighted by Gasteiger charge is -2.24. The molecule has 1 amide bonds. The van der Waals surface area contributed by atoms with E-state index in [-0.39, 0.29) is 17.8 Å². The predicted octanol–water partition coefficient (Wildman–Crippen LogP) is 3.39. The summed E-state index contributed by atoms with van der Waals surface area (Å²) >= 11 is 1.30. The highest BCUT2D eigenvalue weighted by molar-refractivity contribution is 7.13. The van der Waals surface area contributed by atoms with Gasteiger partial charge in [0.05, 0.1) is 10.4 Å². The number of thiazole rings is 1. The van der Waals surface area contributed by atoms with Gasteiger partial charge in [-0.25, -0.2) is 9.37 Å². The maximum Gasteiger partial charge on any atom is 0.274 e. The van der Waals surface area contributed by atoms with Crippen molar-refractivity contribution < 1.29 is 9.18 Å². The molecular weight excluding hydrogens is 287 g/mol. The monoisotopic (exact) mass is 301 g/mol. The molecule has 2 aromatic rings. The van der Waals surface area contributed by atoms with E-state index in [4.69, 9.17) is 0 Å². The van der Waals surface area contributed by atoms with E-state index in [0.29, 0.717) is 28.1 Å². The molecule has 2 aliphatic rings. The van der Waals surface area contributed by atoms with E-state index in [1.54, 1.807) is 23.7 Å². The number of hydrogen-bond donors (Lipinski definition) is 0. The highest BCUT2D eigenvalue weighted by atomic mass is 32.1. The topological polar surface area (TPSA) is 33.2 Å².